The number of hydrogen-bond acceptors (Lipinski definition) is 15. The monoisotopic (exact) mass is 715 g/mol. The van der Waals surface area contributed by atoms with E-state index < -0.39 is 35.8 Å². The van der Waals surface area contributed by atoms with Crippen molar-refractivity contribution in [3.05, 3.63) is 108 Å². The molecule has 0 saturated heterocycles. The second kappa shape index (κ2) is 19.4. The van der Waals surface area contributed by atoms with Crippen LogP contribution in [0.2, 0.25) is 0 Å². The van der Waals surface area contributed by atoms with E-state index in [1.165, 1.54) is 66.7 Å². The maximum Gasteiger partial charge on any atom is 0.513 e. The van der Waals surface area contributed by atoms with Crippen molar-refractivity contribution in [2.75, 3.05) is 26.4 Å². The van der Waals surface area contributed by atoms with Crippen molar-refractivity contribution in [2.24, 2.45) is 0 Å². The normalized spacial score (nSPS) is 10.4. The second-order valence-corrected chi connectivity index (χ2v) is 10.5. The van der Waals surface area contributed by atoms with Gasteiger partial charge in [0.15, 0.2) is 0 Å². The minimum Gasteiger partial charge on any atom is -0.463 e. The molecule has 0 radical (unpaired) electrons. The van der Waals surface area contributed by atoms with Gasteiger partial charge in [-0.3, -0.25) is 0 Å². The number of carbonyl (C=O) groups is 5. The zero-order valence-corrected chi connectivity index (χ0v) is 27.7. The van der Waals surface area contributed by atoms with E-state index in [1.807, 2.05) is 0 Å². The van der Waals surface area contributed by atoms with Crippen LogP contribution in [0.4, 0.5) is 9.59 Å². The van der Waals surface area contributed by atoms with Crippen LogP contribution < -0.4 is 19.8 Å². The average Bonchev–Trinajstić information content (AvgIpc) is 3.14. The summed E-state index contributed by atoms with van der Waals surface area (Å²) >= 11 is 0. The molecule has 0 N–H and O–H groups in total. The molecule has 3 aromatic carbocycles. The van der Waals surface area contributed by atoms with Crippen LogP contribution in [0.15, 0.2) is 101 Å². The van der Waals surface area contributed by atoms with Crippen LogP contribution in [-0.4, -0.2) is 61.6 Å². The molecule has 0 saturated carbocycles. The van der Waals surface area contributed by atoms with E-state index in [4.69, 9.17) is 37.6 Å². The highest BCUT2D eigenvalue weighted by molar-refractivity contribution is 5.92. The van der Waals surface area contributed by atoms with E-state index in [1.54, 1.807) is 0 Å². The number of fused-ring (bicyclic) bond motifs is 1. The summed E-state index contributed by atoms with van der Waals surface area (Å²) < 4.78 is 40.7. The minimum absolute atomic E-state index is 0.00580. The van der Waals surface area contributed by atoms with Crippen LogP contribution in [0, 0.1) is 0 Å². The molecule has 0 unspecified atom stereocenters. The van der Waals surface area contributed by atoms with Crippen molar-refractivity contribution in [1.82, 2.24) is 4.98 Å². The highest BCUT2D eigenvalue weighted by atomic mass is 16.7. The SMILES string of the molecule is C=CC(=O)OCCCCOC(=O)Oc1ccc(C(=O)Oc2ccc3nc(-c4ccc(OC(=O)OCCCCOC(=O)C=C)cc4)oc(=O)c3c2)cc1. The van der Waals surface area contributed by atoms with Crippen LogP contribution >= 0.6 is 0 Å². The number of carbonyl (C=O) groups excluding carboxylic acids is 5. The molecule has 0 aliphatic rings. The van der Waals surface area contributed by atoms with Crippen molar-refractivity contribution in [3.8, 4) is 28.7 Å². The topological polar surface area (TPSA) is 193 Å². The summed E-state index contributed by atoms with van der Waals surface area (Å²) in [4.78, 5) is 75.8. The largest absolute Gasteiger partial charge is 0.513 e. The summed E-state index contributed by atoms with van der Waals surface area (Å²) in [6, 6.07) is 15.8. The van der Waals surface area contributed by atoms with Crippen molar-refractivity contribution in [3.63, 3.8) is 0 Å². The Kier molecular flexibility index (Phi) is 14.2. The van der Waals surface area contributed by atoms with Gasteiger partial charge in [-0.15, -0.1) is 0 Å². The second-order valence-electron chi connectivity index (χ2n) is 10.5. The third kappa shape index (κ3) is 12.0. The number of benzene rings is 3. The van der Waals surface area contributed by atoms with E-state index in [2.05, 4.69) is 18.1 Å². The predicted molar refractivity (Wildman–Crippen MR) is 182 cm³/mol. The lowest BCUT2D eigenvalue weighted by molar-refractivity contribution is -0.138. The van der Waals surface area contributed by atoms with Crippen molar-refractivity contribution >= 4 is 41.1 Å². The Balaban J connectivity index is 1.25. The van der Waals surface area contributed by atoms with Gasteiger partial charge < -0.3 is 37.6 Å². The lowest BCUT2D eigenvalue weighted by atomic mass is 10.2. The fraction of sp³-hybridized carbons (Fsp3) is 0.216. The number of rotatable bonds is 17. The lowest BCUT2D eigenvalue weighted by Gasteiger charge is -2.08. The van der Waals surface area contributed by atoms with Gasteiger partial charge in [0.1, 0.15) is 17.2 Å². The molecule has 270 valence electrons. The van der Waals surface area contributed by atoms with Crippen molar-refractivity contribution < 1.29 is 61.5 Å². The molecule has 0 fully saturated rings. The third-order valence-electron chi connectivity index (χ3n) is 6.74. The first kappa shape index (κ1) is 38.0. The highest BCUT2D eigenvalue weighted by Crippen LogP contribution is 2.24. The molecule has 0 aliphatic heterocycles. The number of ether oxygens (including phenoxy) is 7. The van der Waals surface area contributed by atoms with Gasteiger partial charge in [-0.1, -0.05) is 13.2 Å². The molecule has 0 bridgehead atoms. The number of nitrogens with zero attached hydrogens (tertiary/aromatic N) is 1. The van der Waals surface area contributed by atoms with Gasteiger partial charge in [0, 0.05) is 17.7 Å². The summed E-state index contributed by atoms with van der Waals surface area (Å²) in [5.74, 6) is -1.41. The fourth-order valence-corrected chi connectivity index (χ4v) is 4.16. The fourth-order valence-electron chi connectivity index (χ4n) is 4.16. The lowest BCUT2D eigenvalue weighted by Crippen LogP contribution is -2.13. The number of aromatic nitrogens is 1. The highest BCUT2D eigenvalue weighted by Gasteiger charge is 2.15. The van der Waals surface area contributed by atoms with Crippen LogP contribution in [0.5, 0.6) is 17.2 Å². The molecule has 0 spiro atoms. The van der Waals surface area contributed by atoms with Gasteiger partial charge in [0.25, 0.3) is 0 Å². The van der Waals surface area contributed by atoms with Gasteiger partial charge in [0.05, 0.1) is 42.9 Å². The maximum atomic E-state index is 12.8. The van der Waals surface area contributed by atoms with E-state index in [9.17, 15) is 28.8 Å². The molecular formula is C37H33NO14. The van der Waals surface area contributed by atoms with Crippen LogP contribution in [0.1, 0.15) is 36.0 Å². The summed E-state index contributed by atoms with van der Waals surface area (Å²) in [7, 11) is 0. The Morgan fingerprint density at radius 1 is 0.615 bits per heavy atom. The molecule has 1 aromatic heterocycles. The standard InChI is InChI=1S/C37H33NO14/c1-3-31(39)45-19-5-7-21-47-36(43)50-26-13-9-24(10-14-26)33-38-30-18-17-28(23-29(30)35(42)52-33)49-34(41)25-11-15-27(16-12-25)51-37(44)48-22-8-6-20-46-32(40)4-2/h3-4,9-18,23H,1-2,5-8,19-22H2. The smallest absolute Gasteiger partial charge is 0.463 e. The molecule has 0 aliphatic carbocycles. The first-order valence-corrected chi connectivity index (χ1v) is 15.8. The third-order valence-corrected chi connectivity index (χ3v) is 6.74. The molecule has 0 amide bonds. The Morgan fingerprint density at radius 2 is 1.10 bits per heavy atom. The Morgan fingerprint density at radius 3 is 1.62 bits per heavy atom. The Hall–Kier alpha value is -6.77. The number of esters is 3. The van der Waals surface area contributed by atoms with Crippen LogP contribution in [-0.2, 0) is 28.5 Å². The van der Waals surface area contributed by atoms with Gasteiger partial charge in [-0.2, -0.15) is 0 Å². The Bertz CT molecular complexity index is 1970. The molecule has 15 nitrogen and oxygen atoms in total. The Labute approximate surface area is 296 Å². The number of hydrogen-bond donors (Lipinski definition) is 0. The summed E-state index contributed by atoms with van der Waals surface area (Å²) in [5.41, 5.74) is 0.109. The van der Waals surface area contributed by atoms with Gasteiger partial charge in [-0.05, 0) is 92.4 Å². The zero-order valence-electron chi connectivity index (χ0n) is 27.7. The molecule has 15 heteroatoms. The van der Waals surface area contributed by atoms with Gasteiger partial charge >= 0.3 is 35.8 Å². The van der Waals surface area contributed by atoms with E-state index in [-0.39, 0.29) is 66.0 Å². The average molecular weight is 716 g/mol. The van der Waals surface area contributed by atoms with Gasteiger partial charge in [0.2, 0.25) is 5.89 Å². The van der Waals surface area contributed by atoms with Gasteiger partial charge in [-0.25, -0.2) is 33.8 Å². The molecule has 1 heterocycles. The van der Waals surface area contributed by atoms with E-state index in [0.29, 0.717) is 31.2 Å². The van der Waals surface area contributed by atoms with E-state index in [0.717, 1.165) is 12.2 Å². The minimum atomic E-state index is -0.940. The first-order valence-electron chi connectivity index (χ1n) is 15.8. The summed E-state index contributed by atoms with van der Waals surface area (Å²) in [6.07, 6.45) is 2.16. The molecule has 0 atom stereocenters. The predicted octanol–water partition coefficient (Wildman–Crippen LogP) is 6.12. The van der Waals surface area contributed by atoms with Crippen molar-refractivity contribution in [1.29, 1.82) is 0 Å². The maximum absolute atomic E-state index is 12.8. The quantitative estimate of drug-likeness (QED) is 0.0303. The molecule has 52 heavy (non-hydrogen) atoms. The summed E-state index contributed by atoms with van der Waals surface area (Å²) in [5, 5.41) is 0.0654. The molecule has 4 aromatic rings. The summed E-state index contributed by atoms with van der Waals surface area (Å²) in [6.45, 7) is 7.07. The number of unbranched alkanes of at least 4 members (excludes halogenated alkanes) is 2. The van der Waals surface area contributed by atoms with E-state index >= 15 is 0 Å². The van der Waals surface area contributed by atoms with Crippen LogP contribution in [0.25, 0.3) is 22.4 Å². The molecule has 4 rings (SSSR count). The van der Waals surface area contributed by atoms with Crippen molar-refractivity contribution in [2.45, 2.75) is 25.7 Å². The first-order chi connectivity index (χ1) is 25.1. The van der Waals surface area contributed by atoms with Crippen LogP contribution in [0.3, 0.4) is 0 Å². The zero-order chi connectivity index (χ0) is 37.3. The molecular weight excluding hydrogens is 682 g/mol.